The van der Waals surface area contributed by atoms with Crippen molar-refractivity contribution in [1.82, 2.24) is 0 Å². The SMILES string of the molecule is CC.CC.CC1=C(C)C2C(C)C(C)C([Si](C)(C)C3CCCC3)C2C(C)=C1C.CC1=C(C)C2C(C)C(C)C([Si](C)(C)C3CCCC3)C2C(C)=C1C.[CH3-].[CH3-].[CH3-].[CH3-].[Y].[Y].[Y].[Y].[Zr+2].[Zr+2]. The fourth-order valence-corrected chi connectivity index (χ4v) is 24.8. The Morgan fingerprint density at radius 2 is 0.533 bits per heavy atom. The second-order valence-electron chi connectivity index (χ2n) is 19.4. The quantitative estimate of drug-likeness (QED) is 0.194. The summed E-state index contributed by atoms with van der Waals surface area (Å²) >= 11 is 0. The third-order valence-electron chi connectivity index (χ3n) is 17.5. The molecule has 0 saturated heterocycles. The van der Waals surface area contributed by atoms with Crippen molar-refractivity contribution in [3.63, 3.8) is 0 Å². The van der Waals surface area contributed by atoms with E-state index in [1.807, 2.05) is 27.7 Å². The minimum absolute atomic E-state index is 0. The fraction of sp³-hybridized carbons (Fsp3) is 0.769. The summed E-state index contributed by atoms with van der Waals surface area (Å²) in [6, 6.07) is 0. The van der Waals surface area contributed by atoms with Crippen LogP contribution in [0.25, 0.3) is 0 Å². The molecule has 6 aliphatic carbocycles. The van der Waals surface area contributed by atoms with E-state index in [9.17, 15) is 0 Å². The van der Waals surface area contributed by atoms with Crippen molar-refractivity contribution < 1.29 is 183 Å². The Morgan fingerprint density at radius 3 is 0.733 bits per heavy atom. The van der Waals surface area contributed by atoms with E-state index < -0.39 is 16.1 Å². The first-order valence-electron chi connectivity index (χ1n) is 22.1. The van der Waals surface area contributed by atoms with E-state index in [1.165, 1.54) is 51.4 Å². The largest absolute Gasteiger partial charge is 2.00 e. The Morgan fingerprint density at radius 1 is 0.350 bits per heavy atom. The number of hydrogen-bond acceptors (Lipinski definition) is 0. The zero-order valence-corrected chi connectivity index (χ0v) is 63.2. The molecule has 0 aliphatic heterocycles. The maximum Gasteiger partial charge on any atom is 2.00 e. The molecular formula is C52H100Si2Y4Zr2. The topological polar surface area (TPSA) is 0 Å². The second kappa shape index (κ2) is 35.6. The standard InChI is InChI=1S/2C22H38Si.2C2H6.4CH3.4Y.2Zr/c2*1-13-14(2)16(4)21-20(15(13)3)17(5)18(6)22(21)23(7,8)19-11-9-10-12-19;2*1-2;;;;;;;;;;/h2*17-22H,9-12H2,1-8H3;2*1-2H3;4*1H3;;;;;;/q;;;;4*-1;;;;;2*+2. The van der Waals surface area contributed by atoms with Crippen LogP contribution < -0.4 is 0 Å². The predicted molar refractivity (Wildman–Crippen MR) is 259 cm³/mol. The first kappa shape index (κ1) is 82.5. The van der Waals surface area contributed by atoms with Crippen molar-refractivity contribution in [3.05, 3.63) is 74.3 Å². The molecule has 10 unspecified atom stereocenters. The summed E-state index contributed by atoms with van der Waals surface area (Å²) in [6.07, 6.45) is 12.1. The Kier molecular flexibility index (Phi) is 49.0. The van der Waals surface area contributed by atoms with E-state index >= 15 is 0 Å². The van der Waals surface area contributed by atoms with Gasteiger partial charge in [-0.25, -0.2) is 0 Å². The maximum atomic E-state index is 2.75. The van der Waals surface area contributed by atoms with E-state index in [0.29, 0.717) is 0 Å². The molecule has 8 heteroatoms. The van der Waals surface area contributed by atoms with Crippen LogP contribution in [0.2, 0.25) is 48.4 Å². The van der Waals surface area contributed by atoms with Crippen LogP contribution in [0.15, 0.2) is 44.6 Å². The Hall–Kier alpha value is 5.58. The van der Waals surface area contributed by atoms with E-state index in [2.05, 4.69) is 109 Å². The minimum atomic E-state index is -1.23. The molecule has 4 saturated carbocycles. The van der Waals surface area contributed by atoms with Gasteiger partial charge in [-0.05, 0) is 147 Å². The van der Waals surface area contributed by atoms with Crippen molar-refractivity contribution in [1.29, 1.82) is 0 Å². The molecule has 0 aromatic rings. The molecule has 0 heterocycles. The van der Waals surface area contributed by atoms with Crippen molar-refractivity contribution in [3.8, 4) is 0 Å². The molecule has 0 aromatic heterocycles. The zero-order chi connectivity index (χ0) is 38.2. The van der Waals surface area contributed by atoms with Crippen LogP contribution in [0.4, 0.5) is 0 Å². The van der Waals surface area contributed by atoms with Crippen LogP contribution in [0.3, 0.4) is 0 Å². The average molecular weight is 1320 g/mol. The number of rotatable bonds is 4. The molecule has 0 spiro atoms. The van der Waals surface area contributed by atoms with Crippen LogP contribution in [-0.2, 0) is 183 Å². The Labute approximate surface area is 522 Å². The van der Waals surface area contributed by atoms with Crippen LogP contribution in [-0.4, -0.2) is 16.1 Å². The third kappa shape index (κ3) is 16.3. The normalized spacial score (nSPS) is 30.4. The summed E-state index contributed by atoms with van der Waals surface area (Å²) in [7, 11) is -2.46. The van der Waals surface area contributed by atoms with Gasteiger partial charge in [0.1, 0.15) is 0 Å². The van der Waals surface area contributed by atoms with E-state index in [-0.39, 0.29) is 213 Å². The molecule has 6 rings (SSSR count). The van der Waals surface area contributed by atoms with E-state index in [4.69, 9.17) is 0 Å². The molecule has 6 aliphatic rings. The monoisotopic (exact) mass is 1320 g/mol. The number of allylic oxidation sites excluding steroid dienone is 8. The van der Waals surface area contributed by atoms with Crippen LogP contribution >= 0.6 is 0 Å². The molecule has 0 N–H and O–H groups in total. The summed E-state index contributed by atoms with van der Waals surface area (Å²) in [5.74, 6) is 6.87. The predicted octanol–water partition coefficient (Wildman–Crippen LogP) is 18.3. The van der Waals surface area contributed by atoms with Gasteiger partial charge in [0.2, 0.25) is 0 Å². The van der Waals surface area contributed by atoms with E-state index in [0.717, 1.165) is 69.5 Å². The Bertz CT molecular complexity index is 1220. The first-order chi connectivity index (χ1) is 23.4. The molecule has 0 aromatic carbocycles. The fourth-order valence-electron chi connectivity index (χ4n) is 13.8. The van der Waals surface area contributed by atoms with E-state index in [1.54, 1.807) is 44.6 Å². The molecule has 0 nitrogen and oxygen atoms in total. The summed E-state index contributed by atoms with van der Waals surface area (Å²) in [4.78, 5) is 0. The van der Waals surface area contributed by atoms with Crippen LogP contribution in [0.1, 0.15) is 162 Å². The third-order valence-corrected chi connectivity index (χ3v) is 28.1. The summed E-state index contributed by atoms with van der Waals surface area (Å²) in [6.45, 7) is 48.7. The van der Waals surface area contributed by atoms with Crippen LogP contribution in [0, 0.1) is 77.0 Å². The zero-order valence-electron chi connectivity index (χ0n) is 44.9. The van der Waals surface area contributed by atoms with Crippen molar-refractivity contribution in [2.45, 2.75) is 210 Å². The van der Waals surface area contributed by atoms with Crippen LogP contribution in [0.5, 0.6) is 0 Å². The molecule has 60 heavy (non-hydrogen) atoms. The number of hydrogen-bond donors (Lipinski definition) is 0. The van der Waals surface area contributed by atoms with Crippen molar-refractivity contribution >= 4 is 16.1 Å². The van der Waals surface area contributed by atoms with Crippen molar-refractivity contribution in [2.24, 2.45) is 47.3 Å². The van der Waals surface area contributed by atoms with Gasteiger partial charge in [0.15, 0.2) is 0 Å². The van der Waals surface area contributed by atoms with Gasteiger partial charge in [0.05, 0.1) is 16.1 Å². The van der Waals surface area contributed by atoms with Gasteiger partial charge in [-0.15, -0.1) is 0 Å². The summed E-state index contributed by atoms with van der Waals surface area (Å²) < 4.78 is 0. The molecule has 4 radical (unpaired) electrons. The minimum Gasteiger partial charge on any atom is -0.358 e. The summed E-state index contributed by atoms with van der Waals surface area (Å²) in [5.41, 5.74) is 17.5. The first-order valence-corrected chi connectivity index (χ1v) is 28.4. The molecule has 4 fully saturated rings. The molecule has 0 amide bonds. The average Bonchev–Trinajstić information content (AvgIpc) is 3.92. The Balaban J connectivity index is -0.000000120. The van der Waals surface area contributed by atoms with Gasteiger partial charge in [0, 0.05) is 131 Å². The maximum absolute atomic E-state index is 2.75. The van der Waals surface area contributed by atoms with Gasteiger partial charge in [-0.3, -0.25) is 0 Å². The van der Waals surface area contributed by atoms with Gasteiger partial charge < -0.3 is 29.7 Å². The summed E-state index contributed by atoms with van der Waals surface area (Å²) in [5, 5.41) is 0. The second-order valence-corrected chi connectivity index (χ2v) is 29.7. The van der Waals surface area contributed by atoms with Gasteiger partial charge in [-0.1, -0.05) is 155 Å². The van der Waals surface area contributed by atoms with Gasteiger partial charge >= 0.3 is 52.4 Å². The number of fused-ring (bicyclic) bond motifs is 2. The molecule has 0 bridgehead atoms. The molecule has 336 valence electrons. The van der Waals surface area contributed by atoms with Gasteiger partial charge in [0.25, 0.3) is 0 Å². The smallest absolute Gasteiger partial charge is 0.358 e. The van der Waals surface area contributed by atoms with Crippen molar-refractivity contribution in [2.75, 3.05) is 0 Å². The molecular weight excluding hydrogens is 1220 g/mol. The molecule has 10 atom stereocenters. The van der Waals surface area contributed by atoms with Gasteiger partial charge in [-0.2, -0.15) is 0 Å².